The van der Waals surface area contributed by atoms with Crippen LogP contribution in [0.15, 0.2) is 168 Å². The minimum Gasteiger partial charge on any atom is -0.358 e. The van der Waals surface area contributed by atoms with Gasteiger partial charge in [0.25, 0.3) is 0 Å². The second-order valence-corrected chi connectivity index (χ2v) is 26.4. The molecule has 6 aromatic carbocycles. The average molecular weight is 959 g/mol. The Morgan fingerprint density at radius 1 is 0.521 bits per heavy atom. The van der Waals surface area contributed by atoms with Crippen LogP contribution in [0.2, 0.25) is 0 Å². The average Bonchev–Trinajstić information content (AvgIpc) is 3.42. The molecule has 6 aliphatic rings. The Bertz CT molecular complexity index is 3380. The Morgan fingerprint density at radius 3 is 1.81 bits per heavy atom. The van der Waals surface area contributed by atoms with E-state index in [4.69, 9.17) is 0 Å². The molecule has 0 fully saturated rings. The van der Waals surface area contributed by atoms with Crippen LogP contribution in [0.5, 0.6) is 0 Å². The quantitative estimate of drug-likeness (QED) is 0.164. The summed E-state index contributed by atoms with van der Waals surface area (Å²) >= 11 is 0. The van der Waals surface area contributed by atoms with Crippen molar-refractivity contribution in [2.75, 3.05) is 9.80 Å². The number of nitrogens with zero attached hydrogens (tertiary/aromatic N) is 2. The number of benzene rings is 6. The summed E-state index contributed by atoms with van der Waals surface area (Å²) in [4.78, 5) is 5.44. The molecule has 0 aromatic heterocycles. The summed E-state index contributed by atoms with van der Waals surface area (Å²) in [5, 5.41) is 2.52. The fourth-order valence-electron chi connectivity index (χ4n) is 14.5. The molecule has 2 heteroatoms. The summed E-state index contributed by atoms with van der Waals surface area (Å²) in [5.41, 5.74) is 23.7. The molecule has 0 spiro atoms. The van der Waals surface area contributed by atoms with Gasteiger partial charge >= 0.3 is 0 Å². The first-order valence-electron chi connectivity index (χ1n) is 27.8. The van der Waals surface area contributed by atoms with Gasteiger partial charge in [-0.3, -0.25) is 0 Å². The smallest absolute Gasteiger partial charge is 0.0520 e. The van der Waals surface area contributed by atoms with Crippen molar-refractivity contribution in [3.8, 4) is 0 Å². The lowest BCUT2D eigenvalue weighted by molar-refractivity contribution is 0.505. The molecule has 3 unspecified atom stereocenters. The predicted molar refractivity (Wildman–Crippen MR) is 312 cm³/mol. The van der Waals surface area contributed by atoms with E-state index in [-0.39, 0.29) is 39.2 Å². The largest absolute Gasteiger partial charge is 0.358 e. The highest BCUT2D eigenvalue weighted by Crippen LogP contribution is 2.57. The van der Waals surface area contributed by atoms with Gasteiger partial charge in [0, 0.05) is 39.0 Å². The van der Waals surface area contributed by atoms with E-state index in [2.05, 4.69) is 245 Å². The van der Waals surface area contributed by atoms with Gasteiger partial charge in [0.15, 0.2) is 0 Å². The minimum absolute atomic E-state index is 0.0485. The van der Waals surface area contributed by atoms with Crippen LogP contribution in [-0.4, -0.2) is 12.1 Å². The topological polar surface area (TPSA) is 6.48 Å². The molecular weight excluding hydrogens is 881 g/mol. The van der Waals surface area contributed by atoms with Crippen molar-refractivity contribution in [2.45, 2.75) is 168 Å². The molecule has 3 bridgehead atoms. The van der Waals surface area contributed by atoms with E-state index >= 15 is 0 Å². The molecule has 0 saturated carbocycles. The maximum atomic E-state index is 2.86. The summed E-state index contributed by atoms with van der Waals surface area (Å²) < 4.78 is 0. The molecule has 73 heavy (non-hydrogen) atoms. The summed E-state index contributed by atoms with van der Waals surface area (Å²) in [6, 6.07) is 43.9. The Morgan fingerprint density at radius 2 is 1.15 bits per heavy atom. The van der Waals surface area contributed by atoms with E-state index in [0.29, 0.717) is 5.92 Å². The number of fused-ring (bicyclic) bond motifs is 3. The highest BCUT2D eigenvalue weighted by atomic mass is 15.2. The molecule has 0 radical (unpaired) electrons. The van der Waals surface area contributed by atoms with Crippen LogP contribution in [0, 0.1) is 5.41 Å². The van der Waals surface area contributed by atoms with Gasteiger partial charge in [-0.05, 0) is 193 Å². The van der Waals surface area contributed by atoms with Gasteiger partial charge in [0.1, 0.15) is 0 Å². The summed E-state index contributed by atoms with van der Waals surface area (Å²) in [6.45, 7) is 29.4. The zero-order valence-electron chi connectivity index (χ0n) is 46.0. The highest BCUT2D eigenvalue weighted by Gasteiger charge is 2.46. The van der Waals surface area contributed by atoms with Crippen LogP contribution in [0.25, 0.3) is 10.8 Å². The van der Waals surface area contributed by atoms with Crippen LogP contribution in [0.4, 0.5) is 22.7 Å². The van der Waals surface area contributed by atoms with Crippen LogP contribution in [-0.2, 0) is 34.5 Å². The van der Waals surface area contributed by atoms with E-state index < -0.39 is 0 Å². The molecule has 372 valence electrons. The minimum atomic E-state index is -0.339. The second-order valence-electron chi connectivity index (χ2n) is 26.4. The molecule has 12 rings (SSSR count). The van der Waals surface area contributed by atoms with Crippen molar-refractivity contribution in [1.29, 1.82) is 0 Å². The van der Waals surface area contributed by atoms with Gasteiger partial charge < -0.3 is 9.80 Å². The molecule has 3 atom stereocenters. The SMILES string of the molecule is CC(C)(C)C1=CCC(N(c2cc3c4c(c2)C(C)(C)c2cc(N(c5ccc(C(C)(C)C)cc5)c5ccc6ccccc6c5)cc5c2C(CC4)Cc2c(cccc2C5(C)C)C3(C)C)C2C=C3CCC=CC3=CC2)C=C1. The Balaban J connectivity index is 1.14. The molecule has 0 saturated heterocycles. The fraction of sp³-hybridized carbons (Fsp3) is 0.380. The molecule has 2 nitrogen and oxygen atoms in total. The first kappa shape index (κ1) is 47.9. The van der Waals surface area contributed by atoms with E-state index in [1.54, 1.807) is 16.7 Å². The van der Waals surface area contributed by atoms with Crippen molar-refractivity contribution < 1.29 is 0 Å². The first-order valence-corrected chi connectivity index (χ1v) is 27.8. The molecule has 0 N–H and O–H groups in total. The highest BCUT2D eigenvalue weighted by molar-refractivity contribution is 5.90. The fourth-order valence-corrected chi connectivity index (χ4v) is 14.5. The Hall–Kier alpha value is -6.12. The van der Waals surface area contributed by atoms with Crippen LogP contribution in [0.3, 0.4) is 0 Å². The van der Waals surface area contributed by atoms with Gasteiger partial charge in [-0.25, -0.2) is 0 Å². The Labute approximate surface area is 438 Å². The molecule has 6 aromatic rings. The number of allylic oxidation sites excluding steroid dienone is 6. The lowest BCUT2D eigenvalue weighted by Gasteiger charge is -2.44. The van der Waals surface area contributed by atoms with Crippen molar-refractivity contribution in [3.63, 3.8) is 0 Å². The van der Waals surface area contributed by atoms with Crippen LogP contribution in [0.1, 0.15) is 177 Å². The van der Waals surface area contributed by atoms with E-state index in [1.807, 2.05) is 0 Å². The summed E-state index contributed by atoms with van der Waals surface area (Å²) in [6.07, 6.45) is 25.0. The lowest BCUT2D eigenvalue weighted by Crippen LogP contribution is -2.44. The summed E-state index contributed by atoms with van der Waals surface area (Å²) in [5.74, 6) is 0.391. The van der Waals surface area contributed by atoms with Gasteiger partial charge in [0.2, 0.25) is 0 Å². The van der Waals surface area contributed by atoms with Crippen LogP contribution >= 0.6 is 0 Å². The molecule has 0 amide bonds. The summed E-state index contributed by atoms with van der Waals surface area (Å²) in [7, 11) is 0. The van der Waals surface area contributed by atoms with Crippen LogP contribution < -0.4 is 9.80 Å². The van der Waals surface area contributed by atoms with Crippen molar-refractivity contribution in [1.82, 2.24) is 0 Å². The number of rotatable bonds is 6. The second kappa shape index (κ2) is 17.0. The molecule has 0 heterocycles. The number of hydrogen-bond acceptors (Lipinski definition) is 2. The van der Waals surface area contributed by atoms with E-state index in [0.717, 1.165) is 44.9 Å². The molecule has 6 aliphatic carbocycles. The van der Waals surface area contributed by atoms with Crippen molar-refractivity contribution in [3.05, 3.63) is 224 Å². The maximum Gasteiger partial charge on any atom is 0.0520 e. The van der Waals surface area contributed by atoms with Gasteiger partial charge in [0.05, 0.1) is 12.1 Å². The molecule has 0 aliphatic heterocycles. The van der Waals surface area contributed by atoms with Crippen molar-refractivity contribution >= 4 is 33.5 Å². The monoisotopic (exact) mass is 959 g/mol. The lowest BCUT2D eigenvalue weighted by atomic mass is 9.63. The zero-order chi connectivity index (χ0) is 51.0. The Kier molecular flexibility index (Phi) is 11.1. The van der Waals surface area contributed by atoms with Gasteiger partial charge in [-0.15, -0.1) is 0 Å². The van der Waals surface area contributed by atoms with Crippen molar-refractivity contribution in [2.24, 2.45) is 5.41 Å². The molecular formula is C71H78N2. The predicted octanol–water partition coefficient (Wildman–Crippen LogP) is 18.6. The third-order valence-corrected chi connectivity index (χ3v) is 18.6. The van der Waals surface area contributed by atoms with E-state index in [1.165, 1.54) is 89.2 Å². The number of hydrogen-bond donors (Lipinski definition) is 0. The third kappa shape index (κ3) is 7.87. The number of anilines is 4. The van der Waals surface area contributed by atoms with E-state index in [9.17, 15) is 0 Å². The van der Waals surface area contributed by atoms with Gasteiger partial charge in [-0.1, -0.05) is 186 Å². The zero-order valence-corrected chi connectivity index (χ0v) is 46.0. The maximum absolute atomic E-state index is 2.86. The normalized spacial score (nSPS) is 21.9. The standard InChI is InChI=1S/C71H78N2/c1-67(2,3)50-27-33-52(34-28-50)72(54-31-24-45-18-13-15-20-47(45)38-54)56-41-62-58-37-26-49-40-59-60(69(62,7)8)22-17-23-61(59)70(9,10)64-43-57(44-65(66(49)64)71(11,12)63(58)42-56)73(53-35-29-51(30-36-53)68(4,5)6)55-32-25-46-19-14-16-21-48(46)39-55/h13-14,16-19,21-25,27-30,32-33,35-36,38-39,41-44,49,52,54H,15,20,26,31,34,37,40H2,1-12H3. The third-order valence-electron chi connectivity index (χ3n) is 18.6. The van der Waals surface area contributed by atoms with Gasteiger partial charge in [-0.2, -0.15) is 0 Å². The first-order chi connectivity index (χ1) is 34.7.